The Balaban J connectivity index is 1.49. The van der Waals surface area contributed by atoms with Gasteiger partial charge >= 0.3 is 5.97 Å². The minimum absolute atomic E-state index is 0.0114. The molecule has 1 aliphatic rings. The van der Waals surface area contributed by atoms with Gasteiger partial charge in [0.15, 0.2) is 0 Å². The fourth-order valence-electron chi connectivity index (χ4n) is 5.42. The summed E-state index contributed by atoms with van der Waals surface area (Å²) in [5, 5.41) is 16.1. The van der Waals surface area contributed by atoms with Crippen LogP contribution in [-0.4, -0.2) is 35.8 Å². The van der Waals surface area contributed by atoms with E-state index in [-0.39, 0.29) is 11.5 Å². The van der Waals surface area contributed by atoms with Crippen molar-refractivity contribution in [3.8, 4) is 0 Å². The molecule has 6 heteroatoms. The van der Waals surface area contributed by atoms with E-state index in [1.807, 2.05) is 10.9 Å². The standard InChI is InChI=1S/C28H36N2O3Si/c1-28(2,3)34(25-10-6-4-7-11-25,26-12-8-5-9-13-26)33-21-22-14-16-24(17-15-22)30-20-23(19-29-30)18-27(31)32/h4-13,19-20,22,24H,14-18,21H2,1-3H3,(H,31,32). The van der Waals surface area contributed by atoms with E-state index in [0.29, 0.717) is 12.0 Å². The van der Waals surface area contributed by atoms with Gasteiger partial charge in [-0.15, -0.1) is 0 Å². The monoisotopic (exact) mass is 476 g/mol. The summed E-state index contributed by atoms with van der Waals surface area (Å²) in [6.45, 7) is 7.73. The van der Waals surface area contributed by atoms with Crippen LogP contribution in [0.4, 0.5) is 0 Å². The van der Waals surface area contributed by atoms with Gasteiger partial charge in [0.2, 0.25) is 0 Å². The Morgan fingerprint density at radius 1 is 1.00 bits per heavy atom. The normalized spacial score (nSPS) is 19.1. The SMILES string of the molecule is CC(C)(C)[Si](OCC1CCC(n2cc(CC(=O)O)cn2)CC1)(c1ccccc1)c1ccccc1. The summed E-state index contributed by atoms with van der Waals surface area (Å²) in [6.07, 6.45) is 7.89. The summed E-state index contributed by atoms with van der Waals surface area (Å²) in [5.74, 6) is -0.296. The molecular weight excluding hydrogens is 440 g/mol. The predicted molar refractivity (Wildman–Crippen MR) is 138 cm³/mol. The van der Waals surface area contributed by atoms with Gasteiger partial charge in [-0.3, -0.25) is 9.48 Å². The Morgan fingerprint density at radius 2 is 1.56 bits per heavy atom. The summed E-state index contributed by atoms with van der Waals surface area (Å²) in [4.78, 5) is 11.0. The third kappa shape index (κ3) is 5.18. The van der Waals surface area contributed by atoms with Crippen molar-refractivity contribution in [3.05, 3.63) is 78.6 Å². The van der Waals surface area contributed by atoms with Crippen LogP contribution in [0.2, 0.25) is 5.04 Å². The van der Waals surface area contributed by atoms with Gasteiger partial charge in [0.1, 0.15) is 0 Å². The molecule has 4 rings (SSSR count). The first-order valence-corrected chi connectivity index (χ1v) is 14.2. The van der Waals surface area contributed by atoms with Crippen molar-refractivity contribution in [1.82, 2.24) is 9.78 Å². The van der Waals surface area contributed by atoms with Gasteiger partial charge in [-0.1, -0.05) is 81.4 Å². The van der Waals surface area contributed by atoms with E-state index < -0.39 is 14.3 Å². The zero-order valence-corrected chi connectivity index (χ0v) is 21.5. The molecule has 0 bridgehead atoms. The van der Waals surface area contributed by atoms with Gasteiger partial charge in [-0.05, 0) is 47.0 Å². The van der Waals surface area contributed by atoms with Crippen molar-refractivity contribution in [2.24, 2.45) is 5.92 Å². The molecule has 0 spiro atoms. The minimum atomic E-state index is -2.50. The van der Waals surface area contributed by atoms with Gasteiger partial charge in [-0.2, -0.15) is 5.10 Å². The van der Waals surface area contributed by atoms with Crippen molar-refractivity contribution < 1.29 is 14.3 Å². The summed E-state index contributed by atoms with van der Waals surface area (Å²) in [6, 6.07) is 22.0. The molecule has 0 unspecified atom stereocenters. The highest BCUT2D eigenvalue weighted by molar-refractivity contribution is 6.99. The van der Waals surface area contributed by atoms with E-state index in [0.717, 1.165) is 37.9 Å². The van der Waals surface area contributed by atoms with Crippen LogP contribution in [0.3, 0.4) is 0 Å². The smallest absolute Gasteiger partial charge is 0.307 e. The van der Waals surface area contributed by atoms with Gasteiger partial charge in [-0.25, -0.2) is 0 Å². The minimum Gasteiger partial charge on any atom is -0.481 e. The topological polar surface area (TPSA) is 64.3 Å². The fourth-order valence-corrected chi connectivity index (χ4v) is 10.1. The maximum absolute atomic E-state index is 11.0. The maximum atomic E-state index is 11.0. The lowest BCUT2D eigenvalue weighted by Crippen LogP contribution is -2.66. The van der Waals surface area contributed by atoms with E-state index in [1.165, 1.54) is 10.4 Å². The van der Waals surface area contributed by atoms with Crippen molar-refractivity contribution in [2.45, 2.75) is 64.0 Å². The molecule has 0 aliphatic heterocycles. The first-order valence-electron chi connectivity index (χ1n) is 12.3. The molecule has 2 aromatic carbocycles. The largest absolute Gasteiger partial charge is 0.481 e. The second-order valence-corrected chi connectivity index (χ2v) is 14.9. The number of hydrogen-bond acceptors (Lipinski definition) is 3. The molecule has 0 atom stereocenters. The quantitative estimate of drug-likeness (QED) is 0.474. The van der Waals surface area contributed by atoms with E-state index in [9.17, 15) is 4.79 Å². The Labute approximate surface area is 203 Å². The van der Waals surface area contributed by atoms with Crippen molar-refractivity contribution in [1.29, 1.82) is 0 Å². The molecule has 1 saturated carbocycles. The van der Waals surface area contributed by atoms with Crippen LogP contribution in [0.15, 0.2) is 73.1 Å². The summed E-state index contributed by atoms with van der Waals surface area (Å²) < 4.78 is 9.12. The Kier molecular flexibility index (Phi) is 7.38. The van der Waals surface area contributed by atoms with Crippen LogP contribution < -0.4 is 10.4 Å². The van der Waals surface area contributed by atoms with Crippen LogP contribution in [-0.2, 0) is 15.6 Å². The number of nitrogens with zero attached hydrogens (tertiary/aromatic N) is 2. The summed E-state index contributed by atoms with van der Waals surface area (Å²) >= 11 is 0. The van der Waals surface area contributed by atoms with Gasteiger partial charge in [0.25, 0.3) is 8.32 Å². The number of aliphatic carboxylic acids is 1. The molecule has 1 heterocycles. The van der Waals surface area contributed by atoms with E-state index in [1.54, 1.807) is 6.20 Å². The molecule has 5 nitrogen and oxygen atoms in total. The third-order valence-electron chi connectivity index (χ3n) is 7.15. The average molecular weight is 477 g/mol. The highest BCUT2D eigenvalue weighted by Gasteiger charge is 2.50. The Morgan fingerprint density at radius 3 is 2.06 bits per heavy atom. The maximum Gasteiger partial charge on any atom is 0.307 e. The van der Waals surface area contributed by atoms with Crippen LogP contribution in [0, 0.1) is 5.92 Å². The molecular formula is C28H36N2O3Si. The zero-order valence-electron chi connectivity index (χ0n) is 20.5. The average Bonchev–Trinajstić information content (AvgIpc) is 3.28. The third-order valence-corrected chi connectivity index (χ3v) is 12.2. The number of carbonyl (C=O) groups is 1. The van der Waals surface area contributed by atoms with E-state index in [2.05, 4.69) is 86.5 Å². The highest BCUT2D eigenvalue weighted by Crippen LogP contribution is 2.39. The second kappa shape index (κ2) is 10.3. The second-order valence-electron chi connectivity index (χ2n) is 10.5. The first kappa shape index (κ1) is 24.4. The van der Waals surface area contributed by atoms with Crippen LogP contribution in [0.25, 0.3) is 0 Å². The van der Waals surface area contributed by atoms with Gasteiger partial charge < -0.3 is 9.53 Å². The number of rotatable bonds is 8. The molecule has 0 radical (unpaired) electrons. The number of aromatic nitrogens is 2. The lowest BCUT2D eigenvalue weighted by Gasteiger charge is -2.44. The first-order chi connectivity index (χ1) is 16.3. The number of benzene rings is 2. The lowest BCUT2D eigenvalue weighted by atomic mass is 9.87. The highest BCUT2D eigenvalue weighted by atomic mass is 28.4. The molecule has 3 aromatic rings. The molecule has 0 amide bonds. The van der Waals surface area contributed by atoms with Crippen LogP contribution >= 0.6 is 0 Å². The summed E-state index contributed by atoms with van der Waals surface area (Å²) in [5.41, 5.74) is 0.768. The zero-order chi connectivity index (χ0) is 24.2. The van der Waals surface area contributed by atoms with Crippen molar-refractivity contribution >= 4 is 24.7 Å². The Bertz CT molecular complexity index is 1030. The lowest BCUT2D eigenvalue weighted by molar-refractivity contribution is -0.136. The Hall–Kier alpha value is -2.70. The molecule has 1 N–H and O–H groups in total. The number of hydrogen-bond donors (Lipinski definition) is 1. The fraction of sp³-hybridized carbons (Fsp3) is 0.429. The molecule has 34 heavy (non-hydrogen) atoms. The van der Waals surface area contributed by atoms with E-state index >= 15 is 0 Å². The molecule has 1 fully saturated rings. The molecule has 0 saturated heterocycles. The number of carboxylic acid groups (broad SMARTS) is 1. The van der Waals surface area contributed by atoms with Crippen molar-refractivity contribution in [2.75, 3.05) is 6.61 Å². The molecule has 1 aromatic heterocycles. The predicted octanol–water partition coefficient (Wildman–Crippen LogP) is 4.82. The summed E-state index contributed by atoms with van der Waals surface area (Å²) in [7, 11) is -2.50. The van der Waals surface area contributed by atoms with Gasteiger partial charge in [0, 0.05) is 18.4 Å². The van der Waals surface area contributed by atoms with E-state index in [4.69, 9.17) is 9.53 Å². The molecule has 1 aliphatic carbocycles. The van der Waals surface area contributed by atoms with Crippen LogP contribution in [0.1, 0.15) is 58.1 Å². The molecule has 180 valence electrons. The van der Waals surface area contributed by atoms with Crippen LogP contribution in [0.5, 0.6) is 0 Å². The van der Waals surface area contributed by atoms with Crippen molar-refractivity contribution in [3.63, 3.8) is 0 Å². The number of carboxylic acids is 1. The van der Waals surface area contributed by atoms with Gasteiger partial charge in [0.05, 0.1) is 18.7 Å².